The third-order valence-corrected chi connectivity index (χ3v) is 5.68. The van der Waals surface area contributed by atoms with Gasteiger partial charge in [-0.05, 0) is 26.0 Å². The van der Waals surface area contributed by atoms with E-state index in [2.05, 4.69) is 15.5 Å². The van der Waals surface area contributed by atoms with Crippen LogP contribution in [-0.2, 0) is 25.1 Å². The number of carbonyl (C=O) groups is 1. The van der Waals surface area contributed by atoms with Gasteiger partial charge in [-0.1, -0.05) is 30.0 Å². The molecule has 1 unspecified atom stereocenters. The maximum Gasteiger partial charge on any atom is 0.451 e. The molecule has 0 aliphatic carbocycles. The molecule has 0 fully saturated rings. The van der Waals surface area contributed by atoms with Crippen molar-refractivity contribution in [1.29, 1.82) is 0 Å². The van der Waals surface area contributed by atoms with Crippen molar-refractivity contribution in [2.75, 3.05) is 5.32 Å². The van der Waals surface area contributed by atoms with E-state index < -0.39 is 28.7 Å². The fourth-order valence-electron chi connectivity index (χ4n) is 2.81. The smallest absolute Gasteiger partial charge is 0.319 e. The Morgan fingerprint density at radius 3 is 2.37 bits per heavy atom. The summed E-state index contributed by atoms with van der Waals surface area (Å²) in [6, 6.07) is 8.92. The minimum atomic E-state index is -4.64. The number of nitrogens with zero attached hydrogens (tertiary/aromatic N) is 5. The lowest BCUT2D eigenvalue weighted by Gasteiger charge is -2.11. The van der Waals surface area contributed by atoms with Crippen molar-refractivity contribution in [1.82, 2.24) is 24.1 Å². The number of amides is 1. The molecular weight excluding hydrogens is 421 g/mol. The van der Waals surface area contributed by atoms with Gasteiger partial charge in [0.05, 0.1) is 16.6 Å². The Morgan fingerprint density at radius 2 is 1.80 bits per heavy atom. The van der Waals surface area contributed by atoms with E-state index in [-0.39, 0.29) is 10.8 Å². The molecule has 3 rings (SSSR count). The zero-order valence-electron chi connectivity index (χ0n) is 16.6. The van der Waals surface area contributed by atoms with Crippen LogP contribution in [0, 0.1) is 6.92 Å². The van der Waals surface area contributed by atoms with Crippen LogP contribution in [-0.4, -0.2) is 35.3 Å². The number of thioether (sulfide) groups is 1. The van der Waals surface area contributed by atoms with Gasteiger partial charge in [-0.3, -0.25) is 14.3 Å². The van der Waals surface area contributed by atoms with Crippen LogP contribution in [0.15, 0.2) is 40.3 Å². The summed E-state index contributed by atoms with van der Waals surface area (Å²) >= 11 is 0.815. The van der Waals surface area contributed by atoms with Crippen LogP contribution < -0.4 is 10.9 Å². The van der Waals surface area contributed by atoms with Crippen molar-refractivity contribution < 1.29 is 18.0 Å². The molecule has 1 atom stereocenters. The van der Waals surface area contributed by atoms with Crippen LogP contribution in [0.1, 0.15) is 18.4 Å². The lowest BCUT2D eigenvalue weighted by molar-refractivity contribution is -0.147. The molecule has 1 aromatic carbocycles. The fourth-order valence-corrected chi connectivity index (χ4v) is 3.63. The predicted octanol–water partition coefficient (Wildman–Crippen LogP) is 2.75. The zero-order chi connectivity index (χ0) is 22.2. The molecule has 0 bridgehead atoms. The molecular formula is C18H19F3N6O2S. The molecule has 8 nitrogen and oxygen atoms in total. The Hall–Kier alpha value is -3.02. The van der Waals surface area contributed by atoms with Gasteiger partial charge in [-0.2, -0.15) is 13.2 Å². The number of aromatic nitrogens is 5. The van der Waals surface area contributed by atoms with E-state index in [9.17, 15) is 22.8 Å². The Labute approximate surface area is 173 Å². The van der Waals surface area contributed by atoms with E-state index in [4.69, 9.17) is 0 Å². The number of anilines is 1. The number of nitrogens with one attached hydrogen (secondary N) is 1. The molecule has 2 aromatic heterocycles. The van der Waals surface area contributed by atoms with Crippen LogP contribution >= 0.6 is 11.8 Å². The Morgan fingerprint density at radius 1 is 1.17 bits per heavy atom. The summed E-state index contributed by atoms with van der Waals surface area (Å²) in [7, 11) is 2.87. The summed E-state index contributed by atoms with van der Waals surface area (Å²) in [5.41, 5.74) is 0.861. The first-order valence-corrected chi connectivity index (χ1v) is 9.68. The van der Waals surface area contributed by atoms with Crippen LogP contribution in [0.4, 0.5) is 18.9 Å². The van der Waals surface area contributed by atoms with E-state index in [1.807, 2.05) is 6.07 Å². The van der Waals surface area contributed by atoms with Gasteiger partial charge in [-0.15, -0.1) is 10.2 Å². The van der Waals surface area contributed by atoms with Gasteiger partial charge in [-0.25, -0.2) is 4.68 Å². The fraction of sp³-hybridized carbons (Fsp3) is 0.333. The molecule has 1 amide bonds. The molecule has 0 spiro atoms. The summed E-state index contributed by atoms with van der Waals surface area (Å²) in [4.78, 5) is 25.5. The van der Waals surface area contributed by atoms with Gasteiger partial charge < -0.3 is 9.88 Å². The van der Waals surface area contributed by atoms with E-state index in [0.717, 1.165) is 16.3 Å². The molecule has 0 saturated heterocycles. The van der Waals surface area contributed by atoms with E-state index in [1.165, 1.54) is 18.7 Å². The molecule has 3 aromatic rings. The number of benzene rings is 1. The molecule has 0 aliphatic rings. The van der Waals surface area contributed by atoms with Gasteiger partial charge in [0.2, 0.25) is 11.7 Å². The first-order chi connectivity index (χ1) is 14.0. The third kappa shape index (κ3) is 3.99. The lowest BCUT2D eigenvalue weighted by atomic mass is 10.3. The topological polar surface area (TPSA) is 86.7 Å². The molecule has 160 valence electrons. The van der Waals surface area contributed by atoms with Gasteiger partial charge in [0.15, 0.2) is 5.16 Å². The lowest BCUT2D eigenvalue weighted by Crippen LogP contribution is -2.27. The highest BCUT2D eigenvalue weighted by Gasteiger charge is 2.38. The van der Waals surface area contributed by atoms with Crippen LogP contribution in [0.3, 0.4) is 0 Å². The second kappa shape index (κ2) is 8.01. The van der Waals surface area contributed by atoms with Crippen molar-refractivity contribution >= 4 is 23.4 Å². The van der Waals surface area contributed by atoms with Crippen molar-refractivity contribution in [2.24, 2.45) is 14.1 Å². The first-order valence-electron chi connectivity index (χ1n) is 8.80. The van der Waals surface area contributed by atoms with Crippen molar-refractivity contribution in [2.45, 2.75) is 30.4 Å². The van der Waals surface area contributed by atoms with Gasteiger partial charge in [0, 0.05) is 14.1 Å². The minimum absolute atomic E-state index is 0.0588. The van der Waals surface area contributed by atoms with E-state index in [0.29, 0.717) is 11.4 Å². The summed E-state index contributed by atoms with van der Waals surface area (Å²) in [5.74, 6) is -1.69. The van der Waals surface area contributed by atoms with Crippen LogP contribution in [0.25, 0.3) is 5.69 Å². The summed E-state index contributed by atoms with van der Waals surface area (Å²) < 4.78 is 42.4. The number of halogens is 3. The second-order valence-electron chi connectivity index (χ2n) is 6.55. The van der Waals surface area contributed by atoms with Gasteiger partial charge in [0.1, 0.15) is 5.69 Å². The molecule has 1 N–H and O–H groups in total. The monoisotopic (exact) mass is 440 g/mol. The standard InChI is InChI=1S/C18H19F3N6O2S/c1-10-13(15(29)27(26(10)4)12-8-6-5-7-9-12)22-14(28)11(2)30-17-24-23-16(25(17)3)18(19,20)21/h5-9,11H,1-4H3,(H,22,28). The van der Waals surface area contributed by atoms with Gasteiger partial charge in [0.25, 0.3) is 5.56 Å². The number of carbonyl (C=O) groups excluding carboxylic acids is 1. The third-order valence-electron chi connectivity index (χ3n) is 4.54. The van der Waals surface area contributed by atoms with Crippen molar-refractivity contribution in [3.05, 3.63) is 52.2 Å². The SMILES string of the molecule is Cc1c(NC(=O)C(C)Sc2nnc(C(F)(F)F)n2C)c(=O)n(-c2ccccc2)n1C. The zero-order valence-corrected chi connectivity index (χ0v) is 17.4. The highest BCUT2D eigenvalue weighted by Crippen LogP contribution is 2.31. The highest BCUT2D eigenvalue weighted by molar-refractivity contribution is 8.00. The molecule has 30 heavy (non-hydrogen) atoms. The molecule has 0 aliphatic heterocycles. The molecule has 12 heteroatoms. The van der Waals surface area contributed by atoms with Crippen molar-refractivity contribution in [3.63, 3.8) is 0 Å². The number of rotatable bonds is 5. The Kier molecular flexibility index (Phi) is 5.79. The quantitative estimate of drug-likeness (QED) is 0.617. The average Bonchev–Trinajstić information content (AvgIpc) is 3.15. The predicted molar refractivity (Wildman–Crippen MR) is 106 cm³/mol. The summed E-state index contributed by atoms with van der Waals surface area (Å²) in [6.45, 7) is 3.20. The maximum absolute atomic E-state index is 12.9. The highest BCUT2D eigenvalue weighted by atomic mass is 32.2. The normalized spacial score (nSPS) is 12.8. The molecule has 0 saturated carbocycles. The minimum Gasteiger partial charge on any atom is -0.319 e. The van der Waals surface area contributed by atoms with E-state index >= 15 is 0 Å². The number of para-hydroxylation sites is 1. The average molecular weight is 440 g/mol. The number of hydrogen-bond donors (Lipinski definition) is 1. The second-order valence-corrected chi connectivity index (χ2v) is 7.86. The maximum atomic E-state index is 12.9. The Balaban J connectivity index is 1.82. The largest absolute Gasteiger partial charge is 0.451 e. The van der Waals surface area contributed by atoms with Gasteiger partial charge >= 0.3 is 6.18 Å². The van der Waals surface area contributed by atoms with E-state index in [1.54, 1.807) is 42.9 Å². The number of alkyl halides is 3. The summed E-state index contributed by atoms with van der Waals surface area (Å²) in [6.07, 6.45) is -4.64. The first kappa shape index (κ1) is 21.7. The summed E-state index contributed by atoms with van der Waals surface area (Å²) in [5, 5.41) is 8.36. The number of hydrogen-bond acceptors (Lipinski definition) is 5. The molecule has 2 heterocycles. The van der Waals surface area contributed by atoms with Crippen LogP contribution in [0.2, 0.25) is 0 Å². The molecule has 0 radical (unpaired) electrons. The van der Waals surface area contributed by atoms with Crippen molar-refractivity contribution in [3.8, 4) is 5.69 Å². The van der Waals surface area contributed by atoms with Crippen LogP contribution in [0.5, 0.6) is 0 Å². The Bertz CT molecular complexity index is 1130.